The van der Waals surface area contributed by atoms with Gasteiger partial charge in [0.2, 0.25) is 17.7 Å². The Labute approximate surface area is 169 Å². The van der Waals surface area contributed by atoms with Gasteiger partial charge in [0.05, 0.1) is 18.9 Å². The number of rotatable bonds is 5. The van der Waals surface area contributed by atoms with E-state index in [1.165, 1.54) is 0 Å². The van der Waals surface area contributed by atoms with Crippen molar-refractivity contribution in [1.29, 1.82) is 0 Å². The lowest BCUT2D eigenvalue weighted by Gasteiger charge is -2.40. The summed E-state index contributed by atoms with van der Waals surface area (Å²) in [5.74, 6) is 1.68. The van der Waals surface area contributed by atoms with Crippen molar-refractivity contribution in [2.75, 3.05) is 44.0 Å². The number of aromatic nitrogens is 3. The minimum absolute atomic E-state index is 0.0339. The number of morpholine rings is 1. The molecule has 3 heterocycles. The van der Waals surface area contributed by atoms with Crippen LogP contribution in [0.5, 0.6) is 5.88 Å². The van der Waals surface area contributed by atoms with E-state index in [-0.39, 0.29) is 18.1 Å². The summed E-state index contributed by atoms with van der Waals surface area (Å²) in [5, 5.41) is 0. The number of nitrogens with two attached hydrogens (primary N) is 1. The first-order valence-corrected chi connectivity index (χ1v) is 9.83. The third-order valence-corrected chi connectivity index (χ3v) is 5.47. The zero-order valence-corrected chi connectivity index (χ0v) is 16.7. The lowest BCUT2D eigenvalue weighted by molar-refractivity contribution is -0.133. The summed E-state index contributed by atoms with van der Waals surface area (Å²) in [4.78, 5) is 28.9. The molecule has 1 aliphatic carbocycles. The first-order valence-electron chi connectivity index (χ1n) is 9.83. The van der Waals surface area contributed by atoms with Crippen molar-refractivity contribution in [2.24, 2.45) is 0 Å². The fraction of sp³-hybridized carbons (Fsp3) is 0.500. The minimum atomic E-state index is 0.0339. The van der Waals surface area contributed by atoms with E-state index < -0.39 is 0 Å². The molecule has 2 N–H and O–H groups in total. The van der Waals surface area contributed by atoms with Crippen molar-refractivity contribution in [3.8, 4) is 17.1 Å². The van der Waals surface area contributed by atoms with Crippen LogP contribution in [-0.2, 0) is 9.53 Å². The summed E-state index contributed by atoms with van der Waals surface area (Å²) < 4.78 is 11.6. The largest absolute Gasteiger partial charge is 0.474 e. The van der Waals surface area contributed by atoms with Crippen LogP contribution in [0.2, 0.25) is 0 Å². The Morgan fingerprint density at radius 1 is 1.28 bits per heavy atom. The van der Waals surface area contributed by atoms with Gasteiger partial charge in [-0.2, -0.15) is 4.98 Å². The van der Waals surface area contributed by atoms with E-state index in [2.05, 4.69) is 14.9 Å². The molecule has 0 radical (unpaired) electrons. The number of hydrogen-bond acceptors (Lipinski definition) is 8. The fourth-order valence-electron chi connectivity index (χ4n) is 3.46. The Balaban J connectivity index is 1.55. The molecule has 2 aliphatic rings. The number of pyridine rings is 1. The van der Waals surface area contributed by atoms with Gasteiger partial charge >= 0.3 is 0 Å². The van der Waals surface area contributed by atoms with Crippen molar-refractivity contribution < 1.29 is 14.3 Å². The summed E-state index contributed by atoms with van der Waals surface area (Å²) in [7, 11) is 1.83. The number of hydrogen-bond donors (Lipinski definition) is 1. The molecule has 1 amide bonds. The Hall–Kier alpha value is -2.94. The Bertz CT molecular complexity index is 863. The van der Waals surface area contributed by atoms with Crippen LogP contribution in [-0.4, -0.2) is 71.3 Å². The molecular formula is C20H26N6O3. The molecule has 9 nitrogen and oxygen atoms in total. The lowest BCUT2D eigenvalue weighted by atomic mass is 9.88. The molecule has 2 fully saturated rings. The highest BCUT2D eigenvalue weighted by Gasteiger charge is 2.35. The Morgan fingerprint density at radius 2 is 2.03 bits per heavy atom. The number of nitrogens with zero attached hydrogens (tertiary/aromatic N) is 5. The fourth-order valence-corrected chi connectivity index (χ4v) is 3.46. The summed E-state index contributed by atoms with van der Waals surface area (Å²) in [6, 6.07) is 5.69. The smallest absolute Gasteiger partial charge is 0.229 e. The first-order chi connectivity index (χ1) is 14.0. The van der Waals surface area contributed by atoms with Crippen LogP contribution < -0.4 is 15.4 Å². The highest BCUT2D eigenvalue weighted by Crippen LogP contribution is 2.31. The third-order valence-electron chi connectivity index (χ3n) is 5.47. The maximum absolute atomic E-state index is 11.5. The Kier molecular flexibility index (Phi) is 5.48. The maximum Gasteiger partial charge on any atom is 0.229 e. The second-order valence-corrected chi connectivity index (χ2v) is 7.46. The zero-order valence-electron chi connectivity index (χ0n) is 16.7. The summed E-state index contributed by atoms with van der Waals surface area (Å²) in [5.41, 5.74) is 7.30. The van der Waals surface area contributed by atoms with Gasteiger partial charge in [-0.05, 0) is 12.1 Å². The molecule has 2 aromatic rings. The minimum Gasteiger partial charge on any atom is -0.474 e. The van der Waals surface area contributed by atoms with Crippen LogP contribution in [0.4, 0.5) is 11.8 Å². The molecule has 0 bridgehead atoms. The number of anilines is 2. The lowest BCUT2D eigenvalue weighted by Crippen LogP contribution is -2.49. The van der Waals surface area contributed by atoms with E-state index in [4.69, 9.17) is 20.2 Å². The third kappa shape index (κ3) is 4.40. The van der Waals surface area contributed by atoms with Gasteiger partial charge in [-0.25, -0.2) is 9.97 Å². The second kappa shape index (κ2) is 8.20. The molecule has 2 aromatic heterocycles. The van der Waals surface area contributed by atoms with Crippen LogP contribution in [0.1, 0.15) is 19.8 Å². The molecule has 1 saturated carbocycles. The van der Waals surface area contributed by atoms with Crippen LogP contribution in [0, 0.1) is 0 Å². The number of ether oxygens (including phenoxy) is 2. The van der Waals surface area contributed by atoms with Crippen LogP contribution in [0.15, 0.2) is 24.4 Å². The average molecular weight is 398 g/mol. The SMILES string of the molecule is CC(=O)N(C)[C@H]1C[C@H](Oc2cc(-c3ccc(N)nc3)nc(N3CCOCC3)n2)C1. The number of nitrogen functional groups attached to an aromatic ring is 1. The van der Waals surface area contributed by atoms with Crippen molar-refractivity contribution in [3.05, 3.63) is 24.4 Å². The van der Waals surface area contributed by atoms with Gasteiger partial charge in [-0.15, -0.1) is 0 Å². The molecule has 9 heteroatoms. The number of carbonyl (C=O) groups excluding carboxylic acids is 1. The number of amides is 1. The molecular weight excluding hydrogens is 372 g/mol. The summed E-state index contributed by atoms with van der Waals surface area (Å²) >= 11 is 0. The van der Waals surface area contributed by atoms with Gasteiger partial charge in [0.1, 0.15) is 11.9 Å². The van der Waals surface area contributed by atoms with Gasteiger partial charge in [-0.1, -0.05) is 0 Å². The van der Waals surface area contributed by atoms with E-state index >= 15 is 0 Å². The predicted octanol–water partition coefficient (Wildman–Crippen LogP) is 1.35. The molecule has 0 spiro atoms. The molecule has 29 heavy (non-hydrogen) atoms. The highest BCUT2D eigenvalue weighted by atomic mass is 16.5. The van der Waals surface area contributed by atoms with E-state index in [0.29, 0.717) is 30.9 Å². The van der Waals surface area contributed by atoms with Gasteiger partial charge in [0, 0.05) is 63.8 Å². The van der Waals surface area contributed by atoms with E-state index in [1.807, 2.05) is 19.2 Å². The van der Waals surface area contributed by atoms with Gasteiger partial charge in [-0.3, -0.25) is 4.79 Å². The predicted molar refractivity (Wildman–Crippen MR) is 109 cm³/mol. The quantitative estimate of drug-likeness (QED) is 0.804. The van der Waals surface area contributed by atoms with Crippen molar-refractivity contribution in [1.82, 2.24) is 19.9 Å². The zero-order chi connectivity index (χ0) is 20.4. The molecule has 1 saturated heterocycles. The van der Waals surface area contributed by atoms with Gasteiger partial charge in [0.25, 0.3) is 0 Å². The molecule has 4 rings (SSSR count). The molecule has 0 aromatic carbocycles. The molecule has 0 unspecified atom stereocenters. The normalized spacial score (nSPS) is 21.4. The maximum atomic E-state index is 11.5. The first kappa shape index (κ1) is 19.4. The Morgan fingerprint density at radius 3 is 2.69 bits per heavy atom. The van der Waals surface area contributed by atoms with Crippen LogP contribution >= 0.6 is 0 Å². The molecule has 154 valence electrons. The average Bonchev–Trinajstić information content (AvgIpc) is 2.71. The topological polar surface area (TPSA) is 107 Å². The summed E-state index contributed by atoms with van der Waals surface area (Å²) in [6.07, 6.45) is 3.33. The second-order valence-electron chi connectivity index (χ2n) is 7.46. The molecule has 1 aliphatic heterocycles. The monoisotopic (exact) mass is 398 g/mol. The van der Waals surface area contributed by atoms with Crippen molar-refractivity contribution in [3.63, 3.8) is 0 Å². The van der Waals surface area contributed by atoms with Crippen molar-refractivity contribution in [2.45, 2.75) is 31.9 Å². The van der Waals surface area contributed by atoms with Crippen LogP contribution in [0.25, 0.3) is 11.3 Å². The van der Waals surface area contributed by atoms with Gasteiger partial charge < -0.3 is 25.0 Å². The molecule has 0 atom stereocenters. The van der Waals surface area contributed by atoms with Crippen molar-refractivity contribution >= 4 is 17.7 Å². The van der Waals surface area contributed by atoms with E-state index in [1.54, 1.807) is 24.1 Å². The van der Waals surface area contributed by atoms with Crippen LogP contribution in [0.3, 0.4) is 0 Å². The van der Waals surface area contributed by atoms with E-state index in [9.17, 15) is 4.79 Å². The van der Waals surface area contributed by atoms with Gasteiger partial charge in [0.15, 0.2) is 0 Å². The standard InChI is InChI=1S/C20H26N6O3/c1-13(27)25(2)15-9-16(10-15)29-19-11-17(14-3-4-18(21)22-12-14)23-20(24-19)26-5-7-28-8-6-26/h3-4,11-12,15-16H,5-10H2,1-2H3,(H2,21,22)/t15-,16-. The summed E-state index contributed by atoms with van der Waals surface area (Å²) in [6.45, 7) is 4.35. The van der Waals surface area contributed by atoms with E-state index in [0.717, 1.165) is 37.2 Å². The number of carbonyl (C=O) groups is 1. The highest BCUT2D eigenvalue weighted by molar-refractivity contribution is 5.73.